The van der Waals surface area contributed by atoms with Crippen molar-refractivity contribution in [2.75, 3.05) is 18.5 Å². The molecule has 1 aliphatic heterocycles. The minimum atomic E-state index is -0.582. The maximum atomic E-state index is 12.2. The van der Waals surface area contributed by atoms with Crippen molar-refractivity contribution in [1.29, 1.82) is 0 Å². The quantitative estimate of drug-likeness (QED) is 0.827. The second-order valence-corrected chi connectivity index (χ2v) is 6.47. The first kappa shape index (κ1) is 18.0. The van der Waals surface area contributed by atoms with Gasteiger partial charge in [-0.3, -0.25) is 4.79 Å². The standard InChI is InChI=1S/C20H18ClNO4/c1-12-7-13(2)19(16(21)8-12)22-18(23)11-26-20(24)15-9-14-5-3-4-6-17(14)25-10-15/h3-9H,10-11H2,1-2H3,(H,22,23). The summed E-state index contributed by atoms with van der Waals surface area (Å²) in [5.41, 5.74) is 3.53. The highest BCUT2D eigenvalue weighted by Crippen LogP contribution is 2.28. The number of ether oxygens (including phenoxy) is 2. The summed E-state index contributed by atoms with van der Waals surface area (Å²) in [7, 11) is 0. The van der Waals surface area contributed by atoms with Crippen LogP contribution in [0.1, 0.15) is 16.7 Å². The van der Waals surface area contributed by atoms with Crippen molar-refractivity contribution in [3.05, 3.63) is 63.7 Å². The molecule has 1 heterocycles. The lowest BCUT2D eigenvalue weighted by atomic mass is 10.1. The van der Waals surface area contributed by atoms with E-state index in [9.17, 15) is 9.59 Å². The summed E-state index contributed by atoms with van der Waals surface area (Å²) < 4.78 is 10.6. The number of nitrogens with one attached hydrogen (secondary N) is 1. The molecule has 0 saturated heterocycles. The van der Waals surface area contributed by atoms with Crippen LogP contribution in [-0.2, 0) is 14.3 Å². The van der Waals surface area contributed by atoms with Gasteiger partial charge in [0.2, 0.25) is 0 Å². The largest absolute Gasteiger partial charge is 0.488 e. The molecule has 134 valence electrons. The van der Waals surface area contributed by atoms with E-state index in [2.05, 4.69) is 5.32 Å². The van der Waals surface area contributed by atoms with Gasteiger partial charge in [0.25, 0.3) is 5.91 Å². The monoisotopic (exact) mass is 371 g/mol. The molecule has 0 saturated carbocycles. The summed E-state index contributed by atoms with van der Waals surface area (Å²) in [5.74, 6) is -0.322. The molecule has 0 unspecified atom stereocenters. The lowest BCUT2D eigenvalue weighted by Crippen LogP contribution is -2.24. The smallest absolute Gasteiger partial charge is 0.338 e. The molecular weight excluding hydrogens is 354 g/mol. The number of halogens is 1. The predicted octanol–water partition coefficient (Wildman–Crippen LogP) is 3.91. The number of carbonyl (C=O) groups is 2. The Balaban J connectivity index is 1.60. The van der Waals surface area contributed by atoms with E-state index in [1.807, 2.05) is 44.2 Å². The molecule has 1 aliphatic rings. The zero-order valence-electron chi connectivity index (χ0n) is 14.5. The highest BCUT2D eigenvalue weighted by atomic mass is 35.5. The number of anilines is 1. The fourth-order valence-corrected chi connectivity index (χ4v) is 3.08. The van der Waals surface area contributed by atoms with Crippen molar-refractivity contribution < 1.29 is 19.1 Å². The molecule has 3 rings (SSSR count). The highest BCUT2D eigenvalue weighted by Gasteiger charge is 2.19. The number of esters is 1. The Labute approximate surface area is 156 Å². The molecule has 0 atom stereocenters. The third-order valence-corrected chi connectivity index (χ3v) is 4.22. The summed E-state index contributed by atoms with van der Waals surface area (Å²) in [6.07, 6.45) is 1.71. The van der Waals surface area contributed by atoms with E-state index in [0.29, 0.717) is 22.0 Å². The number of carbonyl (C=O) groups excluding carboxylic acids is 2. The van der Waals surface area contributed by atoms with Gasteiger partial charge < -0.3 is 14.8 Å². The van der Waals surface area contributed by atoms with Gasteiger partial charge in [0.05, 0.1) is 16.3 Å². The first-order chi connectivity index (χ1) is 12.4. The number of rotatable bonds is 4. The van der Waals surface area contributed by atoms with Gasteiger partial charge in [-0.15, -0.1) is 0 Å². The normalized spacial score (nSPS) is 12.5. The number of fused-ring (bicyclic) bond motifs is 1. The minimum absolute atomic E-state index is 0.111. The molecule has 2 aromatic rings. The van der Waals surface area contributed by atoms with Crippen LogP contribution in [0.5, 0.6) is 5.75 Å². The number of hydrogen-bond donors (Lipinski definition) is 1. The van der Waals surface area contributed by atoms with Crippen LogP contribution in [0.15, 0.2) is 42.0 Å². The van der Waals surface area contributed by atoms with Crippen LogP contribution < -0.4 is 10.1 Å². The molecule has 26 heavy (non-hydrogen) atoms. The SMILES string of the molecule is Cc1cc(C)c(NC(=O)COC(=O)C2=Cc3ccccc3OC2)c(Cl)c1. The second-order valence-electron chi connectivity index (χ2n) is 6.06. The Morgan fingerprint density at radius 3 is 2.77 bits per heavy atom. The fraction of sp³-hybridized carbons (Fsp3) is 0.200. The molecule has 0 aromatic heterocycles. The molecule has 0 aliphatic carbocycles. The average Bonchev–Trinajstić information content (AvgIpc) is 2.62. The molecule has 2 aromatic carbocycles. The Hall–Kier alpha value is -2.79. The van der Waals surface area contributed by atoms with E-state index in [-0.39, 0.29) is 6.61 Å². The maximum absolute atomic E-state index is 12.2. The van der Waals surface area contributed by atoms with Gasteiger partial charge in [-0.2, -0.15) is 0 Å². The topological polar surface area (TPSA) is 64.6 Å². The van der Waals surface area contributed by atoms with Crippen molar-refractivity contribution in [1.82, 2.24) is 0 Å². The summed E-state index contributed by atoms with van der Waals surface area (Å²) >= 11 is 6.16. The minimum Gasteiger partial charge on any atom is -0.488 e. The molecule has 1 N–H and O–H groups in total. The summed E-state index contributed by atoms with van der Waals surface area (Å²) in [5, 5.41) is 3.13. The zero-order valence-corrected chi connectivity index (χ0v) is 15.2. The average molecular weight is 372 g/mol. The van der Waals surface area contributed by atoms with Crippen LogP contribution in [-0.4, -0.2) is 25.1 Å². The van der Waals surface area contributed by atoms with Gasteiger partial charge in [-0.25, -0.2) is 4.79 Å². The lowest BCUT2D eigenvalue weighted by molar-refractivity contribution is -0.143. The van der Waals surface area contributed by atoms with Crippen LogP contribution in [0.4, 0.5) is 5.69 Å². The van der Waals surface area contributed by atoms with Crippen LogP contribution in [0.25, 0.3) is 6.08 Å². The van der Waals surface area contributed by atoms with Gasteiger partial charge in [0.1, 0.15) is 12.4 Å². The van der Waals surface area contributed by atoms with Crippen molar-refractivity contribution in [2.45, 2.75) is 13.8 Å². The second kappa shape index (κ2) is 7.62. The predicted molar refractivity (Wildman–Crippen MR) is 100 cm³/mol. The van der Waals surface area contributed by atoms with Gasteiger partial charge in [0, 0.05) is 5.56 Å². The zero-order chi connectivity index (χ0) is 18.7. The maximum Gasteiger partial charge on any atom is 0.338 e. The summed E-state index contributed by atoms with van der Waals surface area (Å²) in [4.78, 5) is 24.3. The number of aryl methyl sites for hydroxylation is 2. The van der Waals surface area contributed by atoms with Crippen molar-refractivity contribution in [2.24, 2.45) is 0 Å². The number of hydrogen-bond acceptors (Lipinski definition) is 4. The van der Waals surface area contributed by atoms with E-state index < -0.39 is 18.5 Å². The van der Waals surface area contributed by atoms with Gasteiger partial charge in [0.15, 0.2) is 6.61 Å². The first-order valence-electron chi connectivity index (χ1n) is 8.10. The fourth-order valence-electron chi connectivity index (χ4n) is 2.71. The number of amides is 1. The highest BCUT2D eigenvalue weighted by molar-refractivity contribution is 6.34. The molecule has 1 amide bonds. The molecular formula is C20H18ClNO4. The van der Waals surface area contributed by atoms with Crippen LogP contribution in [0.3, 0.4) is 0 Å². The molecule has 0 spiro atoms. The Kier molecular flexibility index (Phi) is 5.28. The first-order valence-corrected chi connectivity index (χ1v) is 8.48. The molecule has 0 radical (unpaired) electrons. The number of para-hydroxylation sites is 1. The molecule has 0 fully saturated rings. The summed E-state index contributed by atoms with van der Waals surface area (Å²) in [6.45, 7) is 3.48. The van der Waals surface area contributed by atoms with Gasteiger partial charge in [-0.1, -0.05) is 35.9 Å². The lowest BCUT2D eigenvalue weighted by Gasteiger charge is -2.17. The van der Waals surface area contributed by atoms with Crippen molar-refractivity contribution in [3.8, 4) is 5.75 Å². The Bertz CT molecular complexity index is 881. The molecule has 0 bridgehead atoms. The van der Waals surface area contributed by atoms with Crippen LogP contribution >= 0.6 is 11.6 Å². The van der Waals surface area contributed by atoms with Crippen molar-refractivity contribution in [3.63, 3.8) is 0 Å². The molecule has 6 heteroatoms. The Morgan fingerprint density at radius 2 is 2.00 bits per heavy atom. The number of benzene rings is 2. The summed E-state index contributed by atoms with van der Waals surface area (Å²) in [6, 6.07) is 11.1. The van der Waals surface area contributed by atoms with E-state index in [0.717, 1.165) is 16.7 Å². The van der Waals surface area contributed by atoms with E-state index in [1.54, 1.807) is 12.1 Å². The third kappa shape index (κ3) is 4.06. The van der Waals surface area contributed by atoms with Crippen molar-refractivity contribution >= 4 is 35.2 Å². The molecule has 5 nitrogen and oxygen atoms in total. The van der Waals surface area contributed by atoms with Gasteiger partial charge >= 0.3 is 5.97 Å². The Morgan fingerprint density at radius 1 is 1.23 bits per heavy atom. The van der Waals surface area contributed by atoms with E-state index in [1.165, 1.54) is 0 Å². The van der Waals surface area contributed by atoms with Crippen LogP contribution in [0.2, 0.25) is 5.02 Å². The third-order valence-electron chi connectivity index (χ3n) is 3.92. The van der Waals surface area contributed by atoms with E-state index >= 15 is 0 Å². The van der Waals surface area contributed by atoms with Gasteiger partial charge in [-0.05, 0) is 43.2 Å². The van der Waals surface area contributed by atoms with Crippen LogP contribution in [0, 0.1) is 13.8 Å². The van der Waals surface area contributed by atoms with E-state index in [4.69, 9.17) is 21.1 Å².